The van der Waals surface area contributed by atoms with Crippen molar-refractivity contribution in [2.24, 2.45) is 0 Å². The fourth-order valence-corrected chi connectivity index (χ4v) is 3.94. The normalized spacial score (nSPS) is 19.3. The van der Waals surface area contributed by atoms with E-state index in [0.29, 0.717) is 19.6 Å². The van der Waals surface area contributed by atoms with Crippen LogP contribution in [0.3, 0.4) is 0 Å². The number of hydrogen-bond donors (Lipinski definition) is 3. The molecule has 2 saturated heterocycles. The van der Waals surface area contributed by atoms with Crippen LogP contribution in [-0.2, 0) is 0 Å². The minimum absolute atomic E-state index is 0.00174. The summed E-state index contributed by atoms with van der Waals surface area (Å²) in [5.41, 5.74) is 1.75. The van der Waals surface area contributed by atoms with Crippen LogP contribution in [0, 0.1) is 0 Å². The van der Waals surface area contributed by atoms with Crippen molar-refractivity contribution in [1.29, 1.82) is 0 Å². The van der Waals surface area contributed by atoms with Crippen molar-refractivity contribution >= 4 is 17.1 Å². The molecule has 2 amide bonds. The van der Waals surface area contributed by atoms with Gasteiger partial charge in [0, 0.05) is 52.0 Å². The number of fused-ring (bicyclic) bond motifs is 1. The Bertz CT molecular complexity index is 814. The van der Waals surface area contributed by atoms with Gasteiger partial charge in [-0.2, -0.15) is 0 Å². The Morgan fingerprint density at radius 3 is 2.77 bits per heavy atom. The number of H-pyrrole nitrogens is 1. The highest BCUT2D eigenvalue weighted by Gasteiger charge is 2.26. The molecule has 2 aromatic rings. The molecule has 2 fully saturated rings. The van der Waals surface area contributed by atoms with Gasteiger partial charge in [0.1, 0.15) is 0 Å². The van der Waals surface area contributed by atoms with Crippen LogP contribution in [0.2, 0.25) is 0 Å². The Labute approximate surface area is 152 Å². The van der Waals surface area contributed by atoms with Crippen molar-refractivity contribution in [1.82, 2.24) is 30.0 Å². The van der Waals surface area contributed by atoms with Gasteiger partial charge >= 0.3 is 11.7 Å². The molecule has 0 aliphatic carbocycles. The van der Waals surface area contributed by atoms with Gasteiger partial charge in [-0.1, -0.05) is 12.1 Å². The lowest BCUT2D eigenvalue weighted by atomic mass is 10.0. The zero-order valence-corrected chi connectivity index (χ0v) is 14.9. The number of imidazole rings is 1. The fraction of sp³-hybridized carbons (Fsp3) is 0.556. The molecule has 2 aliphatic heterocycles. The number of hydrogen-bond acceptors (Lipinski definition) is 4. The zero-order chi connectivity index (χ0) is 17.9. The first-order valence-electron chi connectivity index (χ1n) is 9.37. The lowest BCUT2D eigenvalue weighted by Crippen LogP contribution is -2.47. The predicted molar refractivity (Wildman–Crippen MR) is 100 cm³/mol. The summed E-state index contributed by atoms with van der Waals surface area (Å²) >= 11 is 0. The Kier molecular flexibility index (Phi) is 4.94. The summed E-state index contributed by atoms with van der Waals surface area (Å²) in [5.74, 6) is 0. The van der Waals surface area contributed by atoms with Crippen molar-refractivity contribution in [3.8, 4) is 0 Å². The molecule has 0 saturated carbocycles. The van der Waals surface area contributed by atoms with Crippen molar-refractivity contribution in [2.75, 3.05) is 45.9 Å². The zero-order valence-electron chi connectivity index (χ0n) is 14.9. The molecule has 0 atom stereocenters. The minimum atomic E-state index is -0.0617. The molecule has 2 aliphatic rings. The van der Waals surface area contributed by atoms with Crippen LogP contribution in [0.1, 0.15) is 18.9 Å². The van der Waals surface area contributed by atoms with Crippen LogP contribution in [0.4, 0.5) is 4.79 Å². The third kappa shape index (κ3) is 3.47. The monoisotopic (exact) mass is 358 g/mol. The smallest absolute Gasteiger partial charge is 0.326 e. The van der Waals surface area contributed by atoms with E-state index in [0.717, 1.165) is 50.2 Å². The second-order valence-electron chi connectivity index (χ2n) is 7.04. The number of benzene rings is 1. The molecule has 8 heteroatoms. The second-order valence-corrected chi connectivity index (χ2v) is 7.04. The molecule has 1 aromatic carbocycles. The molecule has 140 valence electrons. The maximum Gasteiger partial charge on any atom is 0.326 e. The molecule has 0 bridgehead atoms. The summed E-state index contributed by atoms with van der Waals surface area (Å²) in [6.07, 6.45) is 1.59. The lowest BCUT2D eigenvalue weighted by molar-refractivity contribution is 0.170. The molecular weight excluding hydrogens is 332 g/mol. The Balaban J connectivity index is 1.31. The third-order valence-corrected chi connectivity index (χ3v) is 5.39. The fourth-order valence-electron chi connectivity index (χ4n) is 3.94. The van der Waals surface area contributed by atoms with Crippen molar-refractivity contribution in [2.45, 2.75) is 18.9 Å². The third-order valence-electron chi connectivity index (χ3n) is 5.39. The van der Waals surface area contributed by atoms with Crippen molar-refractivity contribution in [3.05, 3.63) is 34.7 Å². The number of rotatable bonds is 4. The molecule has 0 spiro atoms. The standard InChI is InChI=1S/C18H26N6O2/c25-17(20-8-12-22-11-7-19-13-22)23-9-5-14(6-10-23)24-16-4-2-1-3-15(16)21-18(24)26/h1-4,14,19H,5-13H2,(H,20,25)(H,21,26). The predicted octanol–water partition coefficient (Wildman–Crippen LogP) is 0.539. The number of aromatic nitrogens is 2. The first-order chi connectivity index (χ1) is 12.7. The van der Waals surface area contributed by atoms with Gasteiger partial charge in [-0.25, -0.2) is 9.59 Å². The molecule has 0 unspecified atom stereocenters. The largest absolute Gasteiger partial charge is 0.337 e. The molecule has 3 N–H and O–H groups in total. The van der Waals surface area contributed by atoms with Crippen molar-refractivity contribution in [3.63, 3.8) is 0 Å². The maximum atomic E-state index is 12.4. The molecule has 1 aromatic heterocycles. The second kappa shape index (κ2) is 7.51. The summed E-state index contributed by atoms with van der Waals surface area (Å²) in [4.78, 5) is 31.7. The summed E-state index contributed by atoms with van der Waals surface area (Å²) < 4.78 is 1.85. The Morgan fingerprint density at radius 2 is 2.00 bits per heavy atom. The van der Waals surface area contributed by atoms with Crippen molar-refractivity contribution < 1.29 is 4.79 Å². The highest BCUT2D eigenvalue weighted by atomic mass is 16.2. The molecular formula is C18H26N6O2. The Hall–Kier alpha value is -2.32. The summed E-state index contributed by atoms with van der Waals surface area (Å²) in [6.45, 7) is 5.86. The van der Waals surface area contributed by atoms with E-state index in [1.807, 2.05) is 33.7 Å². The van der Waals surface area contributed by atoms with E-state index < -0.39 is 0 Å². The van der Waals surface area contributed by atoms with Crippen LogP contribution in [0.15, 0.2) is 29.1 Å². The number of nitrogens with zero attached hydrogens (tertiary/aromatic N) is 3. The van der Waals surface area contributed by atoms with E-state index >= 15 is 0 Å². The van der Waals surface area contributed by atoms with E-state index in [-0.39, 0.29) is 17.8 Å². The number of nitrogens with one attached hydrogen (secondary N) is 3. The van der Waals surface area contributed by atoms with Gasteiger partial charge in [0.15, 0.2) is 0 Å². The van der Waals surface area contributed by atoms with E-state index in [9.17, 15) is 9.59 Å². The maximum absolute atomic E-state index is 12.4. The average molecular weight is 358 g/mol. The highest BCUT2D eigenvalue weighted by Crippen LogP contribution is 2.24. The summed E-state index contributed by atoms with van der Waals surface area (Å²) in [7, 11) is 0. The van der Waals surface area contributed by atoms with Crippen LogP contribution < -0.4 is 16.3 Å². The van der Waals surface area contributed by atoms with Gasteiger partial charge in [-0.15, -0.1) is 0 Å². The number of para-hydroxylation sites is 2. The number of carbonyl (C=O) groups excluding carboxylic acids is 1. The van der Waals surface area contributed by atoms with Crippen LogP contribution in [0.5, 0.6) is 0 Å². The minimum Gasteiger partial charge on any atom is -0.337 e. The van der Waals surface area contributed by atoms with Crippen LogP contribution in [-0.4, -0.2) is 71.3 Å². The van der Waals surface area contributed by atoms with Crippen LogP contribution >= 0.6 is 0 Å². The molecule has 4 rings (SSSR count). The average Bonchev–Trinajstić information content (AvgIpc) is 3.28. The molecule has 3 heterocycles. The summed E-state index contributed by atoms with van der Waals surface area (Å²) in [5, 5.41) is 6.29. The number of urea groups is 1. The molecule has 0 radical (unpaired) electrons. The van der Waals surface area contributed by atoms with E-state index in [4.69, 9.17) is 0 Å². The van der Waals surface area contributed by atoms with Gasteiger partial charge in [-0.3, -0.25) is 9.47 Å². The highest BCUT2D eigenvalue weighted by molar-refractivity contribution is 5.75. The Morgan fingerprint density at radius 1 is 1.19 bits per heavy atom. The first kappa shape index (κ1) is 17.1. The van der Waals surface area contributed by atoms with E-state index in [2.05, 4.69) is 20.5 Å². The first-order valence-corrected chi connectivity index (χ1v) is 9.37. The van der Waals surface area contributed by atoms with Gasteiger partial charge in [0.05, 0.1) is 11.0 Å². The summed E-state index contributed by atoms with van der Waals surface area (Å²) in [6, 6.07) is 7.91. The number of carbonyl (C=O) groups is 1. The van der Waals surface area contributed by atoms with Gasteiger partial charge < -0.3 is 20.5 Å². The number of likely N-dealkylation sites (tertiary alicyclic amines) is 1. The topological polar surface area (TPSA) is 85.4 Å². The van der Waals surface area contributed by atoms with Gasteiger partial charge in [0.2, 0.25) is 0 Å². The SMILES string of the molecule is O=C(NCCN1CCNC1)N1CCC(n2c(=O)[nH]c3ccccc32)CC1. The van der Waals surface area contributed by atoms with Gasteiger partial charge in [0.25, 0.3) is 0 Å². The lowest BCUT2D eigenvalue weighted by Gasteiger charge is -2.32. The van der Waals surface area contributed by atoms with E-state index in [1.165, 1.54) is 0 Å². The quantitative estimate of drug-likeness (QED) is 0.745. The number of amides is 2. The molecule has 8 nitrogen and oxygen atoms in total. The number of aromatic amines is 1. The van der Waals surface area contributed by atoms with Gasteiger partial charge in [-0.05, 0) is 25.0 Å². The van der Waals surface area contributed by atoms with E-state index in [1.54, 1.807) is 0 Å². The van der Waals surface area contributed by atoms with Crippen LogP contribution in [0.25, 0.3) is 11.0 Å². The number of piperidine rings is 1. The molecule has 26 heavy (non-hydrogen) atoms.